The first-order chi connectivity index (χ1) is 10.8. The Morgan fingerprint density at radius 1 is 1.27 bits per heavy atom. The Hall–Kier alpha value is -1.80. The van der Waals surface area contributed by atoms with Gasteiger partial charge in [0.1, 0.15) is 0 Å². The number of aromatic nitrogens is 5. The van der Waals surface area contributed by atoms with Gasteiger partial charge in [0.15, 0.2) is 11.5 Å². The van der Waals surface area contributed by atoms with Crippen molar-refractivity contribution in [3.8, 4) is 0 Å². The smallest absolute Gasteiger partial charge is 0.200 e. The van der Waals surface area contributed by atoms with Crippen LogP contribution in [0.1, 0.15) is 20.3 Å². The van der Waals surface area contributed by atoms with Crippen molar-refractivity contribution in [1.82, 2.24) is 30.2 Å². The third kappa shape index (κ3) is 3.17. The molecule has 3 rings (SSSR count). The van der Waals surface area contributed by atoms with Crippen LogP contribution in [-0.2, 0) is 4.74 Å². The molecule has 1 aliphatic heterocycles. The van der Waals surface area contributed by atoms with Crippen molar-refractivity contribution < 1.29 is 4.74 Å². The lowest BCUT2D eigenvalue weighted by Crippen LogP contribution is -2.54. The number of piperazine rings is 1. The summed E-state index contributed by atoms with van der Waals surface area (Å²) in [6.07, 6.45) is 1.12. The third-order valence-corrected chi connectivity index (χ3v) is 4.18. The fourth-order valence-corrected chi connectivity index (χ4v) is 2.92. The molecular formula is C14H23N7O. The number of nitrogens with zero attached hydrogens (tertiary/aromatic N) is 7. The van der Waals surface area contributed by atoms with Gasteiger partial charge in [-0.2, -0.15) is 0 Å². The Labute approximate surface area is 130 Å². The molecule has 2 aromatic heterocycles. The van der Waals surface area contributed by atoms with Gasteiger partial charge in [-0.25, -0.2) is 0 Å². The summed E-state index contributed by atoms with van der Waals surface area (Å²) in [5, 5.41) is 15.9. The molecule has 0 spiro atoms. The monoisotopic (exact) mass is 305 g/mol. The molecule has 1 saturated heterocycles. The molecule has 0 saturated carbocycles. The van der Waals surface area contributed by atoms with Crippen LogP contribution in [0, 0.1) is 0 Å². The van der Waals surface area contributed by atoms with Crippen molar-refractivity contribution in [3.05, 3.63) is 12.1 Å². The fraction of sp³-hybridized carbons (Fsp3) is 0.714. The van der Waals surface area contributed by atoms with E-state index in [0.717, 1.165) is 51.6 Å². The minimum atomic E-state index is 0.528. The Bertz CT molecular complexity index is 602. The minimum Gasteiger partial charge on any atom is -0.380 e. The van der Waals surface area contributed by atoms with Crippen LogP contribution >= 0.6 is 0 Å². The van der Waals surface area contributed by atoms with E-state index in [1.165, 1.54) is 4.63 Å². The maximum Gasteiger partial charge on any atom is 0.200 e. The molecule has 0 bridgehead atoms. The largest absolute Gasteiger partial charge is 0.380 e. The maximum absolute atomic E-state index is 5.49. The first kappa shape index (κ1) is 15.1. The van der Waals surface area contributed by atoms with Gasteiger partial charge in [0.25, 0.3) is 0 Å². The first-order valence-electron chi connectivity index (χ1n) is 7.94. The van der Waals surface area contributed by atoms with E-state index in [2.05, 4.69) is 37.3 Å². The Morgan fingerprint density at radius 2 is 2.18 bits per heavy atom. The number of ether oxygens (including phenoxy) is 1. The van der Waals surface area contributed by atoms with E-state index in [1.54, 1.807) is 0 Å². The van der Waals surface area contributed by atoms with Crippen LogP contribution < -0.4 is 4.90 Å². The van der Waals surface area contributed by atoms with Crippen molar-refractivity contribution in [3.63, 3.8) is 0 Å². The molecule has 2 aromatic rings. The van der Waals surface area contributed by atoms with E-state index in [-0.39, 0.29) is 0 Å². The zero-order valence-electron chi connectivity index (χ0n) is 13.2. The molecule has 120 valence electrons. The maximum atomic E-state index is 5.49. The molecule has 0 radical (unpaired) electrons. The molecular weight excluding hydrogens is 282 g/mol. The fourth-order valence-electron chi connectivity index (χ4n) is 2.92. The Balaban J connectivity index is 1.66. The number of rotatable bonds is 6. The zero-order chi connectivity index (χ0) is 15.4. The van der Waals surface area contributed by atoms with Gasteiger partial charge >= 0.3 is 0 Å². The van der Waals surface area contributed by atoms with Crippen LogP contribution in [-0.4, -0.2) is 75.6 Å². The average Bonchev–Trinajstić information content (AvgIpc) is 3.03. The van der Waals surface area contributed by atoms with Crippen LogP contribution in [0.15, 0.2) is 12.1 Å². The van der Waals surface area contributed by atoms with Gasteiger partial charge in [-0.3, -0.25) is 4.90 Å². The summed E-state index contributed by atoms with van der Waals surface area (Å²) in [5.41, 5.74) is 0.672. The van der Waals surface area contributed by atoms with Gasteiger partial charge in [0.05, 0.1) is 6.61 Å². The van der Waals surface area contributed by atoms with Crippen LogP contribution in [0.5, 0.6) is 0 Å². The van der Waals surface area contributed by atoms with E-state index in [1.807, 2.05) is 19.1 Å². The predicted molar refractivity (Wildman–Crippen MR) is 82.9 cm³/mol. The SMILES string of the molecule is CCOCCN1CCN(c2ccc3nnnn3n2)C[C@@H]1CC. The van der Waals surface area contributed by atoms with Gasteiger partial charge in [0.2, 0.25) is 0 Å². The Morgan fingerprint density at radius 3 is 3.00 bits per heavy atom. The predicted octanol–water partition coefficient (Wildman–Crippen LogP) is 0.456. The number of anilines is 1. The van der Waals surface area contributed by atoms with Crippen molar-refractivity contribution in [2.75, 3.05) is 44.3 Å². The number of hydrogen-bond donors (Lipinski definition) is 0. The minimum absolute atomic E-state index is 0.528. The lowest BCUT2D eigenvalue weighted by atomic mass is 10.1. The summed E-state index contributed by atoms with van der Waals surface area (Å²) in [6.45, 7) is 9.83. The lowest BCUT2D eigenvalue weighted by Gasteiger charge is -2.41. The molecule has 0 aromatic carbocycles. The average molecular weight is 305 g/mol. The van der Waals surface area contributed by atoms with E-state index in [0.29, 0.717) is 11.7 Å². The van der Waals surface area contributed by atoms with E-state index in [9.17, 15) is 0 Å². The molecule has 3 heterocycles. The summed E-state index contributed by atoms with van der Waals surface area (Å²) in [4.78, 5) is 4.83. The third-order valence-electron chi connectivity index (χ3n) is 4.18. The van der Waals surface area contributed by atoms with Gasteiger partial charge in [0, 0.05) is 38.8 Å². The standard InChI is InChI=1S/C14H23N7O/c1-3-12-11-20(8-7-19(12)9-10-22-4-2)14-6-5-13-15-17-18-21(13)16-14/h5-6,12H,3-4,7-11H2,1-2H3/t12-/m0/s1. The molecule has 1 aliphatic rings. The Kier molecular flexibility index (Phi) is 4.79. The van der Waals surface area contributed by atoms with E-state index in [4.69, 9.17) is 4.74 Å². The van der Waals surface area contributed by atoms with Crippen molar-refractivity contribution in [1.29, 1.82) is 0 Å². The van der Waals surface area contributed by atoms with E-state index >= 15 is 0 Å². The number of hydrogen-bond acceptors (Lipinski definition) is 7. The molecule has 0 amide bonds. The summed E-state index contributed by atoms with van der Waals surface area (Å²) < 4.78 is 6.97. The van der Waals surface area contributed by atoms with Crippen molar-refractivity contribution in [2.24, 2.45) is 0 Å². The first-order valence-corrected chi connectivity index (χ1v) is 7.94. The van der Waals surface area contributed by atoms with Gasteiger partial charge in [-0.1, -0.05) is 6.92 Å². The van der Waals surface area contributed by atoms with Crippen molar-refractivity contribution >= 4 is 11.5 Å². The van der Waals surface area contributed by atoms with E-state index < -0.39 is 0 Å². The lowest BCUT2D eigenvalue weighted by molar-refractivity contribution is 0.0868. The molecule has 8 nitrogen and oxygen atoms in total. The summed E-state index contributed by atoms with van der Waals surface area (Å²) in [7, 11) is 0. The van der Waals surface area contributed by atoms with Gasteiger partial charge in [-0.05, 0) is 35.9 Å². The molecule has 8 heteroatoms. The molecule has 1 fully saturated rings. The summed E-state index contributed by atoms with van der Waals surface area (Å²) >= 11 is 0. The highest BCUT2D eigenvalue weighted by Gasteiger charge is 2.26. The van der Waals surface area contributed by atoms with Gasteiger partial charge < -0.3 is 9.64 Å². The topological polar surface area (TPSA) is 71.7 Å². The summed E-state index contributed by atoms with van der Waals surface area (Å²) in [5.74, 6) is 0.933. The molecule has 0 aliphatic carbocycles. The van der Waals surface area contributed by atoms with Crippen LogP contribution in [0.2, 0.25) is 0 Å². The number of fused-ring (bicyclic) bond motifs is 1. The second-order valence-electron chi connectivity index (χ2n) is 5.46. The van der Waals surface area contributed by atoms with Crippen LogP contribution in [0.4, 0.5) is 5.82 Å². The highest BCUT2D eigenvalue weighted by Crippen LogP contribution is 2.18. The quantitative estimate of drug-likeness (QED) is 0.718. The number of tetrazole rings is 1. The molecule has 0 N–H and O–H groups in total. The van der Waals surface area contributed by atoms with Crippen molar-refractivity contribution in [2.45, 2.75) is 26.3 Å². The molecule has 1 atom stereocenters. The highest BCUT2D eigenvalue weighted by atomic mass is 16.5. The highest BCUT2D eigenvalue weighted by molar-refractivity contribution is 5.44. The zero-order valence-corrected chi connectivity index (χ0v) is 13.2. The van der Waals surface area contributed by atoms with Gasteiger partial charge in [-0.15, -0.1) is 14.8 Å². The molecule has 22 heavy (non-hydrogen) atoms. The van der Waals surface area contributed by atoms with Crippen LogP contribution in [0.25, 0.3) is 5.65 Å². The normalized spacial score (nSPS) is 19.9. The summed E-state index contributed by atoms with van der Waals surface area (Å²) in [6, 6.07) is 4.43. The second kappa shape index (κ2) is 6.97. The second-order valence-corrected chi connectivity index (χ2v) is 5.46. The molecule has 0 unspecified atom stereocenters. The van der Waals surface area contributed by atoms with Crippen LogP contribution in [0.3, 0.4) is 0 Å².